The number of nitriles is 1. The predicted octanol–water partition coefficient (Wildman–Crippen LogP) is 0.496. The van der Waals surface area contributed by atoms with E-state index in [2.05, 4.69) is 21.6 Å². The van der Waals surface area contributed by atoms with Crippen molar-refractivity contribution in [3.05, 3.63) is 47.8 Å². The van der Waals surface area contributed by atoms with Gasteiger partial charge in [0, 0.05) is 31.9 Å². The Bertz CT molecular complexity index is 995. The number of para-hydroxylation sites is 1. The first kappa shape index (κ1) is 17.7. The molecule has 0 aliphatic carbocycles. The summed E-state index contributed by atoms with van der Waals surface area (Å²) in [5, 5.41) is 18.7. The van der Waals surface area contributed by atoms with E-state index in [4.69, 9.17) is 0 Å². The van der Waals surface area contributed by atoms with Gasteiger partial charge in [-0.2, -0.15) is 10.4 Å². The highest BCUT2D eigenvalue weighted by molar-refractivity contribution is 6.07. The molecule has 3 amide bonds. The standard InChI is InChI=1S/C19H18N6O3/c1-24(17(27)15-6-7-21-23-15)10-16(26)25-11-19(8-12(25)9-20)13-4-2-3-5-14(13)22-18(19)28/h2-7,12H,8,10-11H2,1H3,(H,21,23)(H,22,28). The molecule has 28 heavy (non-hydrogen) atoms. The van der Waals surface area contributed by atoms with Crippen molar-refractivity contribution in [1.82, 2.24) is 20.0 Å². The predicted molar refractivity (Wildman–Crippen MR) is 98.0 cm³/mol. The van der Waals surface area contributed by atoms with E-state index < -0.39 is 11.5 Å². The number of likely N-dealkylation sites (tertiary alicyclic amines) is 1. The molecule has 2 N–H and O–H groups in total. The number of likely N-dealkylation sites (N-methyl/N-ethyl adjacent to an activating group) is 1. The molecule has 2 unspecified atom stereocenters. The van der Waals surface area contributed by atoms with Crippen LogP contribution in [0.15, 0.2) is 36.5 Å². The Balaban J connectivity index is 1.55. The summed E-state index contributed by atoms with van der Waals surface area (Å²) in [7, 11) is 1.51. The van der Waals surface area contributed by atoms with Crippen LogP contribution in [-0.2, 0) is 15.0 Å². The summed E-state index contributed by atoms with van der Waals surface area (Å²) >= 11 is 0. The highest BCUT2D eigenvalue weighted by atomic mass is 16.2. The van der Waals surface area contributed by atoms with Gasteiger partial charge in [0.2, 0.25) is 11.8 Å². The Morgan fingerprint density at radius 1 is 1.39 bits per heavy atom. The minimum Gasteiger partial charge on any atom is -0.331 e. The van der Waals surface area contributed by atoms with Crippen molar-refractivity contribution in [2.75, 3.05) is 25.5 Å². The molecule has 1 spiro atoms. The number of aromatic nitrogens is 2. The average Bonchev–Trinajstić information content (AvgIpc) is 3.41. The maximum Gasteiger partial charge on any atom is 0.272 e. The van der Waals surface area contributed by atoms with Crippen molar-refractivity contribution >= 4 is 23.4 Å². The Kier molecular flexibility index (Phi) is 4.11. The van der Waals surface area contributed by atoms with Gasteiger partial charge in [0.25, 0.3) is 5.91 Å². The van der Waals surface area contributed by atoms with E-state index in [9.17, 15) is 19.6 Å². The molecule has 3 heterocycles. The largest absolute Gasteiger partial charge is 0.331 e. The Labute approximate surface area is 160 Å². The minimum atomic E-state index is -0.932. The third-order valence-electron chi connectivity index (χ3n) is 5.40. The van der Waals surface area contributed by atoms with E-state index in [-0.39, 0.29) is 42.9 Å². The van der Waals surface area contributed by atoms with Crippen molar-refractivity contribution in [3.8, 4) is 6.07 Å². The van der Waals surface area contributed by atoms with Crippen LogP contribution < -0.4 is 5.32 Å². The van der Waals surface area contributed by atoms with Crippen LogP contribution >= 0.6 is 0 Å². The molecule has 2 aromatic rings. The zero-order chi connectivity index (χ0) is 19.9. The van der Waals surface area contributed by atoms with Gasteiger partial charge in [0.05, 0.1) is 18.0 Å². The zero-order valence-electron chi connectivity index (χ0n) is 15.2. The van der Waals surface area contributed by atoms with Crippen molar-refractivity contribution < 1.29 is 14.4 Å². The highest BCUT2D eigenvalue weighted by Crippen LogP contribution is 2.46. The summed E-state index contributed by atoms with van der Waals surface area (Å²) in [5.74, 6) is -0.959. The number of carbonyl (C=O) groups is 3. The summed E-state index contributed by atoms with van der Waals surface area (Å²) in [6, 6.07) is 10.2. The van der Waals surface area contributed by atoms with Crippen LogP contribution in [0.25, 0.3) is 0 Å². The van der Waals surface area contributed by atoms with Gasteiger partial charge in [-0.25, -0.2) is 0 Å². The Morgan fingerprint density at radius 3 is 2.89 bits per heavy atom. The lowest BCUT2D eigenvalue weighted by molar-refractivity contribution is -0.132. The molecule has 1 fully saturated rings. The summed E-state index contributed by atoms with van der Waals surface area (Å²) < 4.78 is 0. The molecule has 1 saturated heterocycles. The van der Waals surface area contributed by atoms with Gasteiger partial charge in [0.15, 0.2) is 0 Å². The highest BCUT2D eigenvalue weighted by Gasteiger charge is 2.55. The number of hydrogen-bond donors (Lipinski definition) is 2. The lowest BCUT2D eigenvalue weighted by Crippen LogP contribution is -2.45. The van der Waals surface area contributed by atoms with Gasteiger partial charge in [-0.05, 0) is 17.7 Å². The normalized spacial score (nSPS) is 22.6. The average molecular weight is 378 g/mol. The summed E-state index contributed by atoms with van der Waals surface area (Å²) in [6.45, 7) is -0.0889. The van der Waals surface area contributed by atoms with E-state index in [0.717, 1.165) is 5.56 Å². The zero-order valence-corrected chi connectivity index (χ0v) is 15.2. The fourth-order valence-electron chi connectivity index (χ4n) is 3.96. The van der Waals surface area contributed by atoms with Crippen molar-refractivity contribution in [2.45, 2.75) is 17.9 Å². The Morgan fingerprint density at radius 2 is 2.18 bits per heavy atom. The van der Waals surface area contributed by atoms with Crippen molar-refractivity contribution in [1.29, 1.82) is 5.26 Å². The topological polar surface area (TPSA) is 122 Å². The molecular weight excluding hydrogens is 360 g/mol. The van der Waals surface area contributed by atoms with Crippen molar-refractivity contribution in [3.63, 3.8) is 0 Å². The molecule has 2 atom stereocenters. The second-order valence-electron chi connectivity index (χ2n) is 7.08. The molecule has 4 rings (SSSR count). The molecule has 0 bridgehead atoms. The summed E-state index contributed by atoms with van der Waals surface area (Å²) in [5.41, 5.74) is 0.857. The molecule has 0 saturated carbocycles. The first-order valence-corrected chi connectivity index (χ1v) is 8.81. The molecule has 9 nitrogen and oxygen atoms in total. The smallest absolute Gasteiger partial charge is 0.272 e. The number of carbonyl (C=O) groups excluding carboxylic acids is 3. The monoisotopic (exact) mass is 378 g/mol. The molecule has 9 heteroatoms. The fraction of sp³-hybridized carbons (Fsp3) is 0.316. The number of aromatic amines is 1. The number of nitrogens with one attached hydrogen (secondary N) is 2. The molecule has 1 aromatic heterocycles. The van der Waals surface area contributed by atoms with Crippen LogP contribution in [0.1, 0.15) is 22.5 Å². The molecule has 1 aromatic carbocycles. The molecular formula is C19H18N6O3. The molecule has 0 radical (unpaired) electrons. The number of H-pyrrole nitrogens is 1. The third kappa shape index (κ3) is 2.62. The second-order valence-corrected chi connectivity index (χ2v) is 7.08. The van der Waals surface area contributed by atoms with Crippen LogP contribution in [0.2, 0.25) is 0 Å². The van der Waals surface area contributed by atoms with Gasteiger partial charge in [-0.3, -0.25) is 19.5 Å². The number of fused-ring (bicyclic) bond motifs is 2. The van der Waals surface area contributed by atoms with E-state index >= 15 is 0 Å². The lowest BCUT2D eigenvalue weighted by Gasteiger charge is -2.25. The number of amides is 3. The van der Waals surface area contributed by atoms with Gasteiger partial charge in [-0.15, -0.1) is 0 Å². The Hall–Kier alpha value is -3.67. The van der Waals surface area contributed by atoms with Crippen LogP contribution in [0.5, 0.6) is 0 Å². The maximum atomic E-state index is 12.9. The van der Waals surface area contributed by atoms with Gasteiger partial charge < -0.3 is 15.1 Å². The summed E-state index contributed by atoms with van der Waals surface area (Å²) in [4.78, 5) is 40.6. The first-order chi connectivity index (χ1) is 13.5. The van der Waals surface area contributed by atoms with E-state index in [1.165, 1.54) is 29.1 Å². The number of hydrogen-bond acceptors (Lipinski definition) is 5. The second kappa shape index (κ2) is 6.49. The molecule has 142 valence electrons. The van der Waals surface area contributed by atoms with Crippen LogP contribution in [0.4, 0.5) is 5.69 Å². The first-order valence-electron chi connectivity index (χ1n) is 8.81. The lowest BCUT2D eigenvalue weighted by atomic mass is 9.80. The van der Waals surface area contributed by atoms with Crippen LogP contribution in [-0.4, -0.2) is 63.9 Å². The number of benzene rings is 1. The van der Waals surface area contributed by atoms with Gasteiger partial charge >= 0.3 is 0 Å². The van der Waals surface area contributed by atoms with Crippen LogP contribution in [0, 0.1) is 11.3 Å². The quantitative estimate of drug-likeness (QED) is 0.805. The summed E-state index contributed by atoms with van der Waals surface area (Å²) in [6.07, 6.45) is 1.69. The number of anilines is 1. The van der Waals surface area contributed by atoms with Gasteiger partial charge in [0.1, 0.15) is 11.7 Å². The van der Waals surface area contributed by atoms with Gasteiger partial charge in [-0.1, -0.05) is 18.2 Å². The SMILES string of the molecule is CN(CC(=O)N1CC2(CC1C#N)C(=O)Nc1ccccc12)C(=O)c1ccn[nH]1. The maximum absolute atomic E-state index is 12.9. The number of rotatable bonds is 3. The van der Waals surface area contributed by atoms with E-state index in [0.29, 0.717) is 5.69 Å². The molecule has 2 aliphatic heterocycles. The van der Waals surface area contributed by atoms with E-state index in [1.54, 1.807) is 0 Å². The van der Waals surface area contributed by atoms with Crippen LogP contribution in [0.3, 0.4) is 0 Å². The molecule has 2 aliphatic rings. The minimum absolute atomic E-state index is 0.110. The van der Waals surface area contributed by atoms with E-state index in [1.807, 2.05) is 24.3 Å². The van der Waals surface area contributed by atoms with Crippen molar-refractivity contribution in [2.24, 2.45) is 0 Å². The third-order valence-corrected chi connectivity index (χ3v) is 5.40. The fourth-order valence-corrected chi connectivity index (χ4v) is 3.96. The number of nitrogens with zero attached hydrogens (tertiary/aromatic N) is 4.